The van der Waals surface area contributed by atoms with E-state index >= 15 is 0 Å². The van der Waals surface area contributed by atoms with Crippen LogP contribution in [0.3, 0.4) is 0 Å². The summed E-state index contributed by atoms with van der Waals surface area (Å²) in [6.07, 6.45) is 4.51. The summed E-state index contributed by atoms with van der Waals surface area (Å²) in [6.45, 7) is 1.29. The number of aryl methyl sites for hydroxylation is 1. The van der Waals surface area contributed by atoms with E-state index in [1.54, 1.807) is 31.5 Å². The third kappa shape index (κ3) is 4.62. The number of urea groups is 1. The second-order valence-electron chi connectivity index (χ2n) is 6.09. The van der Waals surface area contributed by atoms with Crippen molar-refractivity contribution in [1.82, 2.24) is 14.9 Å². The number of methoxy groups -OCH3 is 2. The zero-order chi connectivity index (χ0) is 19.8. The molecule has 0 aliphatic heterocycles. The largest absolute Gasteiger partial charge is 0.493 e. The molecule has 0 saturated carbocycles. The van der Waals surface area contributed by atoms with E-state index in [2.05, 4.69) is 20.2 Å². The van der Waals surface area contributed by atoms with Gasteiger partial charge in [0, 0.05) is 31.0 Å². The zero-order valence-corrected chi connectivity index (χ0v) is 16.0. The van der Waals surface area contributed by atoms with Crippen LogP contribution in [0.15, 0.2) is 60.9 Å². The van der Waals surface area contributed by atoms with E-state index in [1.807, 2.05) is 36.5 Å². The molecule has 0 spiro atoms. The van der Waals surface area contributed by atoms with Gasteiger partial charge in [0.05, 0.1) is 19.9 Å². The number of amides is 2. The van der Waals surface area contributed by atoms with Crippen LogP contribution in [0.25, 0.3) is 11.4 Å². The van der Waals surface area contributed by atoms with Crippen LogP contribution in [-0.4, -0.2) is 36.3 Å². The molecule has 146 valence electrons. The number of nitrogens with one attached hydrogen (secondary N) is 2. The Morgan fingerprint density at radius 3 is 2.64 bits per heavy atom. The third-order valence-corrected chi connectivity index (χ3v) is 4.26. The van der Waals surface area contributed by atoms with Crippen LogP contribution in [-0.2, 0) is 6.54 Å². The highest BCUT2D eigenvalue weighted by Crippen LogP contribution is 2.34. The smallest absolute Gasteiger partial charge is 0.319 e. The van der Waals surface area contributed by atoms with Crippen molar-refractivity contribution in [1.29, 1.82) is 0 Å². The van der Waals surface area contributed by atoms with E-state index in [9.17, 15) is 4.79 Å². The van der Waals surface area contributed by atoms with Crippen LogP contribution in [0.5, 0.6) is 11.5 Å². The summed E-state index contributed by atoms with van der Waals surface area (Å²) in [5.74, 6) is 1.98. The molecule has 7 nitrogen and oxygen atoms in total. The molecule has 0 saturated heterocycles. The average molecular weight is 380 g/mol. The number of nitrogens with zero attached hydrogens (tertiary/aromatic N) is 2. The monoisotopic (exact) mass is 380 g/mol. The highest BCUT2D eigenvalue weighted by molar-refractivity contribution is 5.91. The maximum Gasteiger partial charge on any atom is 0.319 e. The number of para-hydroxylation sites is 1. The summed E-state index contributed by atoms with van der Waals surface area (Å²) >= 11 is 0. The molecule has 0 unspecified atom stereocenters. The Morgan fingerprint density at radius 1 is 1.07 bits per heavy atom. The fourth-order valence-electron chi connectivity index (χ4n) is 2.94. The van der Waals surface area contributed by atoms with Gasteiger partial charge in [-0.1, -0.05) is 36.4 Å². The number of hydrogen-bond donors (Lipinski definition) is 2. The van der Waals surface area contributed by atoms with Crippen LogP contribution in [0.2, 0.25) is 0 Å². The van der Waals surface area contributed by atoms with Crippen LogP contribution in [0.4, 0.5) is 10.5 Å². The van der Waals surface area contributed by atoms with Gasteiger partial charge in [-0.3, -0.25) is 0 Å². The lowest BCUT2D eigenvalue weighted by atomic mass is 10.2. The Hall–Kier alpha value is -3.48. The number of rotatable bonds is 8. The van der Waals surface area contributed by atoms with Crippen molar-refractivity contribution < 1.29 is 14.3 Å². The highest BCUT2D eigenvalue weighted by Gasteiger charge is 2.12. The number of ether oxygens (including phenoxy) is 2. The first-order valence-corrected chi connectivity index (χ1v) is 9.05. The van der Waals surface area contributed by atoms with Gasteiger partial charge in [-0.05, 0) is 18.6 Å². The highest BCUT2D eigenvalue weighted by atomic mass is 16.5. The predicted octanol–water partition coefficient (Wildman–Crippen LogP) is 3.78. The standard InChI is InChI=1S/C21H24N4O3/c1-27-18-11-6-10-17(19(18)28-2)24-21(26)23-12-7-14-25-15-13-22-20(25)16-8-4-3-5-9-16/h3-6,8-11,13,15H,7,12,14H2,1-2H3,(H2,23,24,26). The number of carbonyl (C=O) groups is 1. The molecular formula is C21H24N4O3. The molecule has 0 fully saturated rings. The first-order valence-electron chi connectivity index (χ1n) is 9.05. The molecule has 2 aromatic carbocycles. The Morgan fingerprint density at radius 2 is 1.89 bits per heavy atom. The van der Waals surface area contributed by atoms with Gasteiger partial charge in [-0.25, -0.2) is 9.78 Å². The number of benzene rings is 2. The molecule has 3 rings (SSSR count). The number of imidazole rings is 1. The molecule has 2 N–H and O–H groups in total. The second-order valence-corrected chi connectivity index (χ2v) is 6.09. The van der Waals surface area contributed by atoms with Gasteiger partial charge in [0.2, 0.25) is 0 Å². The molecule has 0 aliphatic carbocycles. The van der Waals surface area contributed by atoms with E-state index in [0.29, 0.717) is 23.7 Å². The predicted molar refractivity (Wildman–Crippen MR) is 109 cm³/mol. The van der Waals surface area contributed by atoms with E-state index < -0.39 is 0 Å². The minimum Gasteiger partial charge on any atom is -0.493 e. The van der Waals surface area contributed by atoms with Crippen molar-refractivity contribution in [2.75, 3.05) is 26.1 Å². The van der Waals surface area contributed by atoms with Crippen molar-refractivity contribution >= 4 is 11.7 Å². The van der Waals surface area contributed by atoms with Crippen molar-refractivity contribution in [2.45, 2.75) is 13.0 Å². The molecule has 1 heterocycles. The minimum atomic E-state index is -0.291. The summed E-state index contributed by atoms with van der Waals surface area (Å²) in [4.78, 5) is 16.6. The lowest BCUT2D eigenvalue weighted by Crippen LogP contribution is -2.30. The summed E-state index contributed by atoms with van der Waals surface area (Å²) in [5.41, 5.74) is 1.63. The molecule has 0 radical (unpaired) electrons. The molecule has 1 aromatic heterocycles. The molecule has 2 amide bonds. The summed E-state index contributed by atoms with van der Waals surface area (Å²) in [6, 6.07) is 15.1. The van der Waals surface area contributed by atoms with E-state index in [0.717, 1.165) is 24.4 Å². The molecule has 28 heavy (non-hydrogen) atoms. The average Bonchev–Trinajstić information content (AvgIpc) is 3.20. The van der Waals surface area contributed by atoms with Crippen molar-refractivity contribution in [2.24, 2.45) is 0 Å². The van der Waals surface area contributed by atoms with Crippen LogP contribution < -0.4 is 20.1 Å². The Bertz CT molecular complexity index is 909. The molecule has 3 aromatic rings. The number of anilines is 1. The maximum atomic E-state index is 12.2. The second kappa shape index (κ2) is 9.45. The summed E-state index contributed by atoms with van der Waals surface area (Å²) in [5, 5.41) is 5.65. The first kappa shape index (κ1) is 19.3. The quantitative estimate of drug-likeness (QED) is 0.583. The minimum absolute atomic E-state index is 0.291. The van der Waals surface area contributed by atoms with Crippen LogP contribution >= 0.6 is 0 Å². The van der Waals surface area contributed by atoms with Crippen molar-refractivity contribution in [3.63, 3.8) is 0 Å². The fourth-order valence-corrected chi connectivity index (χ4v) is 2.94. The number of aromatic nitrogens is 2. The van der Waals surface area contributed by atoms with Gasteiger partial charge in [0.1, 0.15) is 5.82 Å². The van der Waals surface area contributed by atoms with Gasteiger partial charge in [-0.2, -0.15) is 0 Å². The van der Waals surface area contributed by atoms with E-state index in [1.165, 1.54) is 7.11 Å². The lowest BCUT2D eigenvalue weighted by Gasteiger charge is -2.14. The van der Waals surface area contributed by atoms with Gasteiger partial charge >= 0.3 is 6.03 Å². The van der Waals surface area contributed by atoms with Crippen LogP contribution in [0, 0.1) is 0 Å². The number of hydrogen-bond acceptors (Lipinski definition) is 4. The zero-order valence-electron chi connectivity index (χ0n) is 16.0. The topological polar surface area (TPSA) is 77.4 Å². The van der Waals surface area contributed by atoms with Crippen molar-refractivity contribution in [3.8, 4) is 22.9 Å². The molecule has 0 aliphatic rings. The van der Waals surface area contributed by atoms with E-state index in [4.69, 9.17) is 9.47 Å². The fraction of sp³-hybridized carbons (Fsp3) is 0.238. The third-order valence-electron chi connectivity index (χ3n) is 4.26. The molecule has 0 bridgehead atoms. The Kier molecular flexibility index (Phi) is 6.51. The first-order chi connectivity index (χ1) is 13.7. The van der Waals surface area contributed by atoms with Gasteiger partial charge in [0.15, 0.2) is 11.5 Å². The summed E-state index contributed by atoms with van der Waals surface area (Å²) < 4.78 is 12.6. The normalized spacial score (nSPS) is 10.4. The van der Waals surface area contributed by atoms with Gasteiger partial charge < -0.3 is 24.7 Å². The summed E-state index contributed by atoms with van der Waals surface area (Å²) in [7, 11) is 3.10. The number of carbonyl (C=O) groups excluding carboxylic acids is 1. The van der Waals surface area contributed by atoms with Crippen LogP contribution in [0.1, 0.15) is 6.42 Å². The molecular weight excluding hydrogens is 356 g/mol. The maximum absolute atomic E-state index is 12.2. The Labute approximate surface area is 164 Å². The molecule has 0 atom stereocenters. The van der Waals surface area contributed by atoms with Gasteiger partial charge in [-0.15, -0.1) is 0 Å². The Balaban J connectivity index is 1.50. The lowest BCUT2D eigenvalue weighted by molar-refractivity contribution is 0.251. The SMILES string of the molecule is COc1cccc(NC(=O)NCCCn2ccnc2-c2ccccc2)c1OC. The van der Waals surface area contributed by atoms with E-state index in [-0.39, 0.29) is 6.03 Å². The van der Waals surface area contributed by atoms with Crippen molar-refractivity contribution in [3.05, 3.63) is 60.9 Å². The van der Waals surface area contributed by atoms with Gasteiger partial charge in [0.25, 0.3) is 0 Å². The molecule has 7 heteroatoms.